The summed E-state index contributed by atoms with van der Waals surface area (Å²) < 4.78 is 15.6. The van der Waals surface area contributed by atoms with Crippen molar-refractivity contribution >= 4 is 17.0 Å². The van der Waals surface area contributed by atoms with Crippen LogP contribution in [0.2, 0.25) is 0 Å². The molecule has 0 amide bonds. The number of nitrogens with zero attached hydrogens (tertiary/aromatic N) is 3. The Hall–Kier alpha value is -4.58. The highest BCUT2D eigenvalue weighted by Gasteiger charge is 2.14. The van der Waals surface area contributed by atoms with Crippen molar-refractivity contribution in [3.63, 3.8) is 0 Å². The molecule has 0 radical (unpaired) electrons. The predicted octanol–water partition coefficient (Wildman–Crippen LogP) is 5.32. The molecule has 0 saturated heterocycles. The molecule has 5 rings (SSSR count). The summed E-state index contributed by atoms with van der Waals surface area (Å²) in [6.45, 7) is 0.238. The molecule has 0 saturated carbocycles. The maximum Gasteiger partial charge on any atom is 0.279 e. The van der Waals surface area contributed by atoms with Gasteiger partial charge in [-0.25, -0.2) is 9.13 Å². The molecule has 0 aliphatic rings. The molecule has 4 aromatic carbocycles. The summed E-state index contributed by atoms with van der Waals surface area (Å²) in [4.78, 5) is 13.1. The van der Waals surface area contributed by atoms with Crippen molar-refractivity contribution in [1.29, 1.82) is 0 Å². The number of fused-ring (bicyclic) bond motifs is 1. The number of benzene rings is 4. The molecule has 0 unspecified atom stereocenters. The van der Waals surface area contributed by atoms with E-state index in [9.17, 15) is 14.4 Å². The molecule has 0 aliphatic heterocycles. The summed E-state index contributed by atoms with van der Waals surface area (Å²) in [6, 6.07) is 29.8. The second kappa shape index (κ2) is 9.11. The zero-order valence-electron chi connectivity index (χ0n) is 18.1. The van der Waals surface area contributed by atoms with E-state index in [1.54, 1.807) is 12.1 Å². The Morgan fingerprint density at radius 3 is 2.32 bits per heavy atom. The Labute approximate surface area is 195 Å². The molecular formula is C28H20FN3O2. The van der Waals surface area contributed by atoms with E-state index in [1.807, 2.05) is 66.7 Å². The number of hydrogen-bond donors (Lipinski definition) is 0. The quantitative estimate of drug-likeness (QED) is 0.158. The van der Waals surface area contributed by atoms with Gasteiger partial charge >= 0.3 is 0 Å². The maximum atomic E-state index is 13.4. The zero-order valence-corrected chi connectivity index (χ0v) is 18.1. The monoisotopic (exact) mass is 449 g/mol. The Morgan fingerprint density at radius 1 is 0.853 bits per heavy atom. The second-order valence-electron chi connectivity index (χ2n) is 7.90. The van der Waals surface area contributed by atoms with Crippen molar-refractivity contribution in [2.24, 2.45) is 0 Å². The highest BCUT2D eigenvalue weighted by molar-refractivity contribution is 5.94. The van der Waals surface area contributed by atoms with E-state index in [4.69, 9.17) is 0 Å². The molecule has 34 heavy (non-hydrogen) atoms. The van der Waals surface area contributed by atoms with Crippen molar-refractivity contribution in [2.75, 3.05) is 0 Å². The van der Waals surface area contributed by atoms with Gasteiger partial charge in [-0.1, -0.05) is 60.7 Å². The molecule has 6 heteroatoms. The first-order chi connectivity index (χ1) is 16.6. The zero-order chi connectivity index (χ0) is 23.5. The summed E-state index contributed by atoms with van der Waals surface area (Å²) >= 11 is 0. The Balaban J connectivity index is 1.60. The maximum absolute atomic E-state index is 13.4. The van der Waals surface area contributed by atoms with Crippen LogP contribution in [-0.2, 0) is 6.54 Å². The normalized spacial score (nSPS) is 11.6. The van der Waals surface area contributed by atoms with Crippen LogP contribution in [0.5, 0.6) is 0 Å². The molecular weight excluding hydrogens is 429 g/mol. The molecule has 0 atom stereocenters. The van der Waals surface area contributed by atoms with Crippen LogP contribution in [0.1, 0.15) is 11.1 Å². The lowest BCUT2D eigenvalue weighted by molar-refractivity contribution is -0.469. The first kappa shape index (κ1) is 21.3. The fourth-order valence-corrected chi connectivity index (χ4v) is 3.90. The Morgan fingerprint density at radius 2 is 1.56 bits per heavy atom. The van der Waals surface area contributed by atoms with Crippen LogP contribution in [0.4, 0.5) is 4.39 Å². The van der Waals surface area contributed by atoms with Gasteiger partial charge in [-0.15, -0.1) is 0 Å². The van der Waals surface area contributed by atoms with Crippen molar-refractivity contribution in [1.82, 2.24) is 9.78 Å². The van der Waals surface area contributed by atoms with E-state index in [0.717, 1.165) is 15.9 Å². The van der Waals surface area contributed by atoms with Gasteiger partial charge in [0.05, 0.1) is 16.8 Å². The number of hydroxylamine groups is 1. The van der Waals surface area contributed by atoms with E-state index in [1.165, 1.54) is 35.2 Å². The van der Waals surface area contributed by atoms with Crippen LogP contribution < -0.4 is 5.56 Å². The van der Waals surface area contributed by atoms with E-state index in [-0.39, 0.29) is 12.1 Å². The van der Waals surface area contributed by atoms with Crippen LogP contribution in [0.3, 0.4) is 0 Å². The molecule has 1 aromatic heterocycles. The van der Waals surface area contributed by atoms with Crippen LogP contribution in [0.25, 0.3) is 27.7 Å². The number of aromatic nitrogens is 2. The van der Waals surface area contributed by atoms with Crippen molar-refractivity contribution in [3.8, 4) is 16.9 Å². The van der Waals surface area contributed by atoms with Crippen molar-refractivity contribution in [3.05, 3.63) is 136 Å². The fraction of sp³-hybridized carbons (Fsp3) is 0.0357. The third-order valence-corrected chi connectivity index (χ3v) is 5.51. The van der Waals surface area contributed by atoms with Gasteiger partial charge in [0.2, 0.25) is 0 Å². The SMILES string of the molecule is O=c1c2ccccc2c(-c2cccc(/C=[N+](\[O-])Cc3ccccc3)c2)nn1-c1ccc(F)cc1. The highest BCUT2D eigenvalue weighted by Crippen LogP contribution is 2.26. The molecule has 0 fully saturated rings. The van der Waals surface area contributed by atoms with Crippen LogP contribution >= 0.6 is 0 Å². The lowest BCUT2D eigenvalue weighted by Crippen LogP contribution is -2.22. The molecule has 0 aliphatic carbocycles. The third kappa shape index (κ3) is 4.34. The minimum absolute atomic E-state index is 0.238. The summed E-state index contributed by atoms with van der Waals surface area (Å²) in [6.07, 6.45) is 1.54. The molecule has 0 spiro atoms. The number of hydrogen-bond acceptors (Lipinski definition) is 3. The van der Waals surface area contributed by atoms with Gasteiger partial charge in [0, 0.05) is 22.1 Å². The first-order valence-electron chi connectivity index (χ1n) is 10.8. The molecule has 5 nitrogen and oxygen atoms in total. The highest BCUT2D eigenvalue weighted by atomic mass is 19.1. The lowest BCUT2D eigenvalue weighted by Gasteiger charge is -2.12. The van der Waals surface area contributed by atoms with Crippen LogP contribution in [-0.4, -0.2) is 20.7 Å². The van der Waals surface area contributed by atoms with E-state index in [2.05, 4.69) is 5.10 Å². The van der Waals surface area contributed by atoms with Gasteiger partial charge in [0.1, 0.15) is 5.82 Å². The standard InChI is InChI=1S/C28H20FN3O2/c29-23-13-15-24(16-14-23)32-28(33)26-12-5-4-11-25(26)27(30-32)22-10-6-9-21(17-22)19-31(34)18-20-7-2-1-3-8-20/h1-17,19H,18H2/b31-19-. The fourth-order valence-electron chi connectivity index (χ4n) is 3.90. The minimum Gasteiger partial charge on any atom is -0.624 e. The molecule has 0 bridgehead atoms. The van der Waals surface area contributed by atoms with Crippen molar-refractivity contribution in [2.45, 2.75) is 6.54 Å². The van der Waals surface area contributed by atoms with Crippen LogP contribution in [0, 0.1) is 11.0 Å². The molecule has 1 heterocycles. The smallest absolute Gasteiger partial charge is 0.279 e. The number of halogens is 1. The molecule has 0 N–H and O–H groups in total. The van der Waals surface area contributed by atoms with Crippen molar-refractivity contribution < 1.29 is 9.13 Å². The van der Waals surface area contributed by atoms with Crippen LogP contribution in [0.15, 0.2) is 108 Å². The molecule has 166 valence electrons. The third-order valence-electron chi connectivity index (χ3n) is 5.51. The first-order valence-corrected chi connectivity index (χ1v) is 10.8. The number of rotatable bonds is 5. The summed E-state index contributed by atoms with van der Waals surface area (Å²) in [5.41, 5.74) is 3.17. The van der Waals surface area contributed by atoms with Gasteiger partial charge in [0.25, 0.3) is 5.56 Å². The molecule has 5 aromatic rings. The summed E-state index contributed by atoms with van der Waals surface area (Å²) in [5, 5.41) is 18.4. The summed E-state index contributed by atoms with van der Waals surface area (Å²) in [5.74, 6) is -0.390. The van der Waals surface area contributed by atoms with E-state index < -0.39 is 5.82 Å². The van der Waals surface area contributed by atoms with E-state index >= 15 is 0 Å². The Bertz CT molecular complexity index is 1560. The average Bonchev–Trinajstić information content (AvgIpc) is 2.86. The second-order valence-corrected chi connectivity index (χ2v) is 7.90. The van der Waals surface area contributed by atoms with Gasteiger partial charge < -0.3 is 5.21 Å². The lowest BCUT2D eigenvalue weighted by atomic mass is 10.0. The van der Waals surface area contributed by atoms with Gasteiger partial charge in [0.15, 0.2) is 12.8 Å². The minimum atomic E-state index is -0.390. The largest absolute Gasteiger partial charge is 0.624 e. The predicted molar refractivity (Wildman–Crippen MR) is 132 cm³/mol. The Kier molecular flexibility index (Phi) is 5.70. The van der Waals surface area contributed by atoms with Gasteiger partial charge in [-0.05, 0) is 42.5 Å². The summed E-state index contributed by atoms with van der Waals surface area (Å²) in [7, 11) is 0. The topological polar surface area (TPSA) is 61.0 Å². The van der Waals surface area contributed by atoms with Gasteiger partial charge in [-0.2, -0.15) is 9.78 Å². The van der Waals surface area contributed by atoms with Gasteiger partial charge in [-0.3, -0.25) is 4.79 Å². The average molecular weight is 449 g/mol. The van der Waals surface area contributed by atoms with E-state index in [0.29, 0.717) is 27.7 Å².